The molecule has 73 valence electrons. The van der Waals surface area contributed by atoms with E-state index in [0.717, 1.165) is 16.3 Å². The number of hydrogen-bond acceptors (Lipinski definition) is 3. The van der Waals surface area contributed by atoms with Crippen LogP contribution in [0.4, 0.5) is 5.69 Å². The van der Waals surface area contributed by atoms with Crippen molar-refractivity contribution < 1.29 is 8.42 Å². The molecule has 3 nitrogen and oxygen atoms in total. The highest BCUT2D eigenvalue weighted by molar-refractivity contribution is 7.92. The monoisotopic (exact) mass is 226 g/mol. The lowest BCUT2D eigenvalue weighted by molar-refractivity contribution is 0.607. The first kappa shape index (κ1) is 9.48. The molecule has 0 aliphatic rings. The summed E-state index contributed by atoms with van der Waals surface area (Å²) in [5.41, 5.74) is 0.590. The van der Waals surface area contributed by atoms with Gasteiger partial charge in [0.25, 0.3) is 0 Å². The Balaban J connectivity index is 2.44. The first-order valence-electron chi connectivity index (χ1n) is 3.92. The van der Waals surface area contributed by atoms with Crippen molar-refractivity contribution >= 4 is 37.1 Å². The average molecular weight is 226 g/mol. The van der Waals surface area contributed by atoms with Gasteiger partial charge in [-0.05, 0) is 29.7 Å². The van der Waals surface area contributed by atoms with Crippen LogP contribution in [0.15, 0.2) is 24.3 Å². The summed E-state index contributed by atoms with van der Waals surface area (Å²) in [7, 11) is -3.19. The smallest absolute Gasteiger partial charge is 0.229 e. The van der Waals surface area contributed by atoms with Crippen LogP contribution in [0.25, 0.3) is 10.1 Å². The van der Waals surface area contributed by atoms with Crippen LogP contribution in [0.1, 0.15) is 0 Å². The zero-order chi connectivity index (χ0) is 10.2. The standard InChI is InChI=1S/C9H8NO2S2/c1-14(11,12)10-8-2-3-9-7(6-8)4-5-13-9/h2-4,6,10H,1H3. The maximum Gasteiger partial charge on any atom is 0.229 e. The lowest BCUT2D eigenvalue weighted by Crippen LogP contribution is -2.09. The summed E-state index contributed by atoms with van der Waals surface area (Å²) in [6.07, 6.45) is 1.14. The molecule has 0 spiro atoms. The van der Waals surface area contributed by atoms with Gasteiger partial charge < -0.3 is 0 Å². The number of nitrogens with one attached hydrogen (secondary N) is 1. The zero-order valence-corrected chi connectivity index (χ0v) is 9.08. The number of thiophene rings is 1. The van der Waals surface area contributed by atoms with Crippen molar-refractivity contribution in [2.75, 3.05) is 11.0 Å². The zero-order valence-electron chi connectivity index (χ0n) is 7.44. The van der Waals surface area contributed by atoms with Gasteiger partial charge in [-0.3, -0.25) is 4.72 Å². The normalized spacial score (nSPS) is 11.8. The number of hydrogen-bond donors (Lipinski definition) is 1. The van der Waals surface area contributed by atoms with Crippen molar-refractivity contribution in [3.8, 4) is 0 Å². The molecule has 1 heterocycles. The van der Waals surface area contributed by atoms with Crippen molar-refractivity contribution in [3.63, 3.8) is 0 Å². The van der Waals surface area contributed by atoms with Crippen LogP contribution in [0, 0.1) is 5.38 Å². The molecule has 2 rings (SSSR count). The Labute approximate surface area is 86.4 Å². The molecular formula is C9H8NO2S2. The van der Waals surface area contributed by atoms with Gasteiger partial charge in [0.2, 0.25) is 10.0 Å². The van der Waals surface area contributed by atoms with Gasteiger partial charge >= 0.3 is 0 Å². The Morgan fingerprint density at radius 1 is 1.43 bits per heavy atom. The fourth-order valence-electron chi connectivity index (χ4n) is 1.19. The average Bonchev–Trinajstić information content (AvgIpc) is 2.47. The lowest BCUT2D eigenvalue weighted by Gasteiger charge is -2.02. The van der Waals surface area contributed by atoms with Crippen LogP contribution < -0.4 is 4.72 Å². The number of anilines is 1. The van der Waals surface area contributed by atoms with Gasteiger partial charge in [-0.2, -0.15) is 0 Å². The molecule has 5 heteroatoms. The topological polar surface area (TPSA) is 46.2 Å². The summed E-state index contributed by atoms with van der Waals surface area (Å²) in [6.45, 7) is 0. The van der Waals surface area contributed by atoms with Gasteiger partial charge in [0.15, 0.2) is 0 Å². The second-order valence-electron chi connectivity index (χ2n) is 2.99. The molecule has 0 saturated carbocycles. The van der Waals surface area contributed by atoms with E-state index in [4.69, 9.17) is 0 Å². The molecule has 1 N–H and O–H groups in total. The van der Waals surface area contributed by atoms with Gasteiger partial charge in [0.1, 0.15) is 0 Å². The van der Waals surface area contributed by atoms with Crippen molar-refractivity contribution in [2.45, 2.75) is 0 Å². The van der Waals surface area contributed by atoms with E-state index in [1.165, 1.54) is 11.3 Å². The van der Waals surface area contributed by atoms with Gasteiger partial charge in [0.05, 0.1) is 6.26 Å². The molecule has 0 aliphatic heterocycles. The van der Waals surface area contributed by atoms with Crippen LogP contribution in [0.5, 0.6) is 0 Å². The summed E-state index contributed by atoms with van der Waals surface area (Å²) >= 11 is 1.51. The lowest BCUT2D eigenvalue weighted by atomic mass is 10.2. The van der Waals surface area contributed by atoms with E-state index >= 15 is 0 Å². The Morgan fingerprint density at radius 3 is 2.93 bits per heavy atom. The predicted octanol–water partition coefficient (Wildman–Crippen LogP) is 2.07. The van der Waals surface area contributed by atoms with E-state index in [-0.39, 0.29) is 0 Å². The second-order valence-corrected chi connectivity index (χ2v) is 5.62. The number of sulfonamides is 1. The Morgan fingerprint density at radius 2 is 2.21 bits per heavy atom. The largest absolute Gasteiger partial charge is 0.284 e. The highest BCUT2D eigenvalue weighted by Gasteiger charge is 2.02. The predicted molar refractivity (Wildman–Crippen MR) is 59.1 cm³/mol. The molecule has 14 heavy (non-hydrogen) atoms. The van der Waals surface area contributed by atoms with Gasteiger partial charge in [-0.15, -0.1) is 11.3 Å². The van der Waals surface area contributed by atoms with E-state index in [2.05, 4.69) is 10.1 Å². The fourth-order valence-corrected chi connectivity index (χ4v) is 2.43. The third-order valence-electron chi connectivity index (χ3n) is 1.70. The first-order chi connectivity index (χ1) is 6.54. The van der Waals surface area contributed by atoms with Gasteiger partial charge in [0, 0.05) is 15.8 Å². The minimum Gasteiger partial charge on any atom is -0.284 e. The molecule has 0 aliphatic carbocycles. The summed E-state index contributed by atoms with van der Waals surface area (Å²) < 4.78 is 25.4. The summed E-state index contributed by atoms with van der Waals surface area (Å²) in [5, 5.41) is 4.00. The molecule has 0 fully saturated rings. The van der Waals surface area contributed by atoms with E-state index in [0.29, 0.717) is 5.69 Å². The highest BCUT2D eigenvalue weighted by atomic mass is 32.2. The maximum atomic E-state index is 11.0. The quantitative estimate of drug-likeness (QED) is 0.852. The molecule has 0 amide bonds. The highest BCUT2D eigenvalue weighted by Crippen LogP contribution is 2.23. The van der Waals surface area contributed by atoms with Gasteiger partial charge in [-0.25, -0.2) is 8.42 Å². The summed E-state index contributed by atoms with van der Waals surface area (Å²) in [5.74, 6) is 0. The molecule has 0 atom stereocenters. The molecule has 0 unspecified atom stereocenters. The van der Waals surface area contributed by atoms with E-state index < -0.39 is 10.0 Å². The van der Waals surface area contributed by atoms with Crippen molar-refractivity contribution in [1.29, 1.82) is 0 Å². The van der Waals surface area contributed by atoms with Crippen LogP contribution in [-0.2, 0) is 10.0 Å². The van der Waals surface area contributed by atoms with Crippen LogP contribution >= 0.6 is 11.3 Å². The molecule has 1 radical (unpaired) electrons. The molecule has 1 aromatic carbocycles. The van der Waals surface area contributed by atoms with Crippen molar-refractivity contribution in [3.05, 3.63) is 29.6 Å². The van der Waals surface area contributed by atoms with Crippen LogP contribution in [0.3, 0.4) is 0 Å². The van der Waals surface area contributed by atoms with E-state index in [1.54, 1.807) is 12.1 Å². The maximum absolute atomic E-state index is 11.0. The minimum atomic E-state index is -3.19. The van der Waals surface area contributed by atoms with Gasteiger partial charge in [-0.1, -0.05) is 0 Å². The Hall–Kier alpha value is -1.07. The van der Waals surface area contributed by atoms with Crippen LogP contribution in [-0.4, -0.2) is 14.7 Å². The first-order valence-corrected chi connectivity index (χ1v) is 6.63. The Bertz CT molecular complexity index is 557. The second kappa shape index (κ2) is 3.25. The number of fused-ring (bicyclic) bond motifs is 1. The molecule has 1 aromatic heterocycles. The molecule has 2 aromatic rings. The number of rotatable bonds is 2. The molecule has 0 saturated heterocycles. The minimum absolute atomic E-state index is 0.590. The molecule has 0 bridgehead atoms. The van der Waals surface area contributed by atoms with E-state index in [1.807, 2.05) is 12.1 Å². The van der Waals surface area contributed by atoms with Crippen LogP contribution in [0.2, 0.25) is 0 Å². The van der Waals surface area contributed by atoms with E-state index in [9.17, 15) is 8.42 Å². The third-order valence-corrected chi connectivity index (χ3v) is 3.13. The third kappa shape index (κ3) is 2.05. The number of benzene rings is 1. The van der Waals surface area contributed by atoms with Crippen molar-refractivity contribution in [1.82, 2.24) is 0 Å². The summed E-state index contributed by atoms with van der Waals surface area (Å²) in [4.78, 5) is 0. The SMILES string of the molecule is CS(=O)(=O)Nc1ccc2s[c]cc2c1. The summed E-state index contributed by atoms with van der Waals surface area (Å²) in [6, 6.07) is 7.26. The Kier molecular flexibility index (Phi) is 2.20. The fraction of sp³-hybridized carbons (Fsp3) is 0.111. The molecular weight excluding hydrogens is 218 g/mol. The van der Waals surface area contributed by atoms with Crippen molar-refractivity contribution in [2.24, 2.45) is 0 Å².